The monoisotopic (exact) mass is 500 g/mol. The predicted octanol–water partition coefficient (Wildman–Crippen LogP) is 4.53. The topological polar surface area (TPSA) is 98.3 Å². The molecule has 0 atom stereocenters. The fourth-order valence-electron chi connectivity index (χ4n) is 4.38. The molecule has 182 valence electrons. The number of rotatable bonds is 5. The second kappa shape index (κ2) is 9.93. The predicted molar refractivity (Wildman–Crippen MR) is 141 cm³/mol. The maximum Gasteiger partial charge on any atom is 0.254 e. The van der Waals surface area contributed by atoms with E-state index in [4.69, 9.17) is 27.2 Å². The van der Waals surface area contributed by atoms with Gasteiger partial charge in [-0.3, -0.25) is 20.2 Å². The molecular weight excluding hydrogens is 476 g/mol. The number of halogens is 1. The highest BCUT2D eigenvalue weighted by Crippen LogP contribution is 2.32. The average molecular weight is 501 g/mol. The van der Waals surface area contributed by atoms with Crippen LogP contribution in [0.15, 0.2) is 66.7 Å². The van der Waals surface area contributed by atoms with Gasteiger partial charge in [-0.15, -0.1) is 0 Å². The number of morpholine rings is 1. The molecule has 36 heavy (non-hydrogen) atoms. The zero-order chi connectivity index (χ0) is 25.2. The van der Waals surface area contributed by atoms with Crippen molar-refractivity contribution >= 4 is 46.3 Å². The van der Waals surface area contributed by atoms with Gasteiger partial charge < -0.3 is 14.5 Å². The van der Waals surface area contributed by atoms with E-state index >= 15 is 0 Å². The van der Waals surface area contributed by atoms with Crippen molar-refractivity contribution in [3.63, 3.8) is 0 Å². The summed E-state index contributed by atoms with van der Waals surface area (Å²) in [6.07, 6.45) is 1.06. The minimum atomic E-state index is -0.0571. The number of nitrogens with one attached hydrogen (secondary N) is 2. The third kappa shape index (κ3) is 4.48. The zero-order valence-corrected chi connectivity index (χ0v) is 20.5. The van der Waals surface area contributed by atoms with Gasteiger partial charge in [-0.05, 0) is 53.6 Å². The lowest BCUT2D eigenvalue weighted by atomic mass is 10.0. The maximum absolute atomic E-state index is 12.8. The molecule has 0 saturated carbocycles. The zero-order valence-electron chi connectivity index (χ0n) is 19.7. The van der Waals surface area contributed by atoms with Crippen LogP contribution < -0.4 is 10.5 Å². The van der Waals surface area contributed by atoms with Crippen molar-refractivity contribution in [2.24, 2.45) is 0 Å². The molecule has 1 saturated heterocycles. The van der Waals surface area contributed by atoms with E-state index in [0.717, 1.165) is 28.5 Å². The molecule has 4 aromatic rings. The molecule has 1 aliphatic rings. The molecule has 1 aliphatic heterocycles. The molecular formula is C27H25ClN6O2. The standard InChI is InChI=1S/C27H25ClN6O2/c1-32(25-23-10-9-21(28)16-24(23)34(17-29)27(30)31-25)22-4-2-3-20(15-22)18-5-7-19(8-6-18)26(35)33-11-13-36-14-12-33/h2-10,15-17,29-30H,11-14H2,1H3. The average Bonchev–Trinajstić information content (AvgIpc) is 2.92. The van der Waals surface area contributed by atoms with Crippen molar-refractivity contribution in [1.82, 2.24) is 14.5 Å². The summed E-state index contributed by atoms with van der Waals surface area (Å²) < 4.78 is 6.73. The van der Waals surface area contributed by atoms with Gasteiger partial charge in [0.1, 0.15) is 5.82 Å². The number of amides is 1. The van der Waals surface area contributed by atoms with Crippen molar-refractivity contribution in [3.05, 3.63) is 82.9 Å². The Balaban J connectivity index is 1.46. The Morgan fingerprint density at radius 2 is 1.81 bits per heavy atom. The molecule has 0 unspecified atom stereocenters. The van der Waals surface area contributed by atoms with Gasteiger partial charge in [0.2, 0.25) is 5.62 Å². The second-order valence-corrected chi connectivity index (χ2v) is 8.95. The van der Waals surface area contributed by atoms with Gasteiger partial charge in [-0.1, -0.05) is 35.9 Å². The summed E-state index contributed by atoms with van der Waals surface area (Å²) in [6, 6.07) is 21.0. The van der Waals surface area contributed by atoms with Gasteiger partial charge in [-0.25, -0.2) is 0 Å². The van der Waals surface area contributed by atoms with Gasteiger partial charge in [0.25, 0.3) is 5.91 Å². The first-order valence-electron chi connectivity index (χ1n) is 11.5. The van der Waals surface area contributed by atoms with E-state index in [1.54, 1.807) is 12.1 Å². The summed E-state index contributed by atoms with van der Waals surface area (Å²) in [5.41, 5.74) is 4.11. The Hall–Kier alpha value is -4.01. The molecule has 3 aromatic carbocycles. The van der Waals surface area contributed by atoms with Crippen LogP contribution in [0.5, 0.6) is 0 Å². The molecule has 5 rings (SSSR count). The smallest absolute Gasteiger partial charge is 0.254 e. The summed E-state index contributed by atoms with van der Waals surface area (Å²) in [7, 11) is 1.90. The SMILES string of the molecule is CN(c1cccc(-c2ccc(C(=O)N3CCOCC3)cc2)c1)c1nc(=N)n(C=N)c2cc(Cl)ccc12. The number of ether oxygens (including phenoxy) is 1. The van der Waals surface area contributed by atoms with Crippen LogP contribution in [0.2, 0.25) is 5.02 Å². The first-order valence-corrected chi connectivity index (χ1v) is 11.9. The molecule has 0 spiro atoms. The minimum absolute atomic E-state index is 0.0221. The summed E-state index contributed by atoms with van der Waals surface area (Å²) in [5, 5.41) is 17.3. The van der Waals surface area contributed by atoms with E-state index in [9.17, 15) is 4.79 Å². The van der Waals surface area contributed by atoms with Crippen molar-refractivity contribution in [2.75, 3.05) is 38.3 Å². The van der Waals surface area contributed by atoms with Crippen LogP contribution in [0, 0.1) is 10.8 Å². The minimum Gasteiger partial charge on any atom is -0.378 e. The molecule has 9 heteroatoms. The summed E-state index contributed by atoms with van der Waals surface area (Å²) in [5.74, 6) is 0.613. The van der Waals surface area contributed by atoms with Crippen LogP contribution in [-0.2, 0) is 4.74 Å². The number of carbonyl (C=O) groups is 1. The van der Waals surface area contributed by atoms with Crippen molar-refractivity contribution in [2.45, 2.75) is 0 Å². The van der Waals surface area contributed by atoms with Gasteiger partial charge in [0.15, 0.2) is 0 Å². The Kier molecular flexibility index (Phi) is 6.54. The number of nitrogens with zero attached hydrogens (tertiary/aromatic N) is 4. The first-order chi connectivity index (χ1) is 17.5. The van der Waals surface area contributed by atoms with E-state index in [2.05, 4.69) is 4.98 Å². The Bertz CT molecular complexity index is 1510. The van der Waals surface area contributed by atoms with Crippen LogP contribution in [0.25, 0.3) is 22.0 Å². The van der Waals surface area contributed by atoms with Crippen LogP contribution in [0.3, 0.4) is 0 Å². The number of benzene rings is 3. The number of anilines is 2. The lowest BCUT2D eigenvalue weighted by Gasteiger charge is -2.26. The van der Waals surface area contributed by atoms with Crippen LogP contribution in [-0.4, -0.2) is 60.0 Å². The molecule has 1 amide bonds. The largest absolute Gasteiger partial charge is 0.378 e. The van der Waals surface area contributed by atoms with E-state index in [-0.39, 0.29) is 11.5 Å². The Morgan fingerprint density at radius 1 is 1.06 bits per heavy atom. The van der Waals surface area contributed by atoms with Crippen molar-refractivity contribution in [3.8, 4) is 11.1 Å². The number of aromatic nitrogens is 2. The third-order valence-corrected chi connectivity index (χ3v) is 6.58. The van der Waals surface area contributed by atoms with Crippen molar-refractivity contribution < 1.29 is 9.53 Å². The van der Waals surface area contributed by atoms with E-state index in [1.165, 1.54) is 4.57 Å². The first kappa shape index (κ1) is 23.7. The summed E-state index contributed by atoms with van der Waals surface area (Å²) >= 11 is 6.20. The Morgan fingerprint density at radius 3 is 2.53 bits per heavy atom. The highest BCUT2D eigenvalue weighted by atomic mass is 35.5. The van der Waals surface area contributed by atoms with E-state index < -0.39 is 0 Å². The molecule has 2 N–H and O–H groups in total. The molecule has 2 heterocycles. The number of hydrogen-bond donors (Lipinski definition) is 2. The van der Waals surface area contributed by atoms with Crippen LogP contribution in [0.1, 0.15) is 10.4 Å². The quantitative estimate of drug-likeness (QED) is 0.310. The molecule has 0 radical (unpaired) electrons. The number of carbonyl (C=O) groups excluding carboxylic acids is 1. The Labute approximate surface area is 213 Å². The summed E-state index contributed by atoms with van der Waals surface area (Å²) in [6.45, 7) is 2.38. The highest BCUT2D eigenvalue weighted by molar-refractivity contribution is 6.31. The van der Waals surface area contributed by atoms with Gasteiger partial charge in [0, 0.05) is 41.8 Å². The highest BCUT2D eigenvalue weighted by Gasteiger charge is 2.19. The van der Waals surface area contributed by atoms with Crippen LogP contribution >= 0.6 is 11.6 Å². The third-order valence-electron chi connectivity index (χ3n) is 6.34. The van der Waals surface area contributed by atoms with E-state index in [1.807, 2.05) is 71.4 Å². The fourth-order valence-corrected chi connectivity index (χ4v) is 4.55. The molecule has 0 bridgehead atoms. The number of fused-ring (bicyclic) bond motifs is 1. The van der Waals surface area contributed by atoms with E-state index in [0.29, 0.717) is 48.2 Å². The van der Waals surface area contributed by atoms with Gasteiger partial charge in [-0.2, -0.15) is 4.98 Å². The molecule has 8 nitrogen and oxygen atoms in total. The van der Waals surface area contributed by atoms with Gasteiger partial charge >= 0.3 is 0 Å². The normalized spacial score (nSPS) is 13.6. The van der Waals surface area contributed by atoms with Crippen LogP contribution in [0.4, 0.5) is 11.5 Å². The summed E-state index contributed by atoms with van der Waals surface area (Å²) in [4.78, 5) is 21.0. The molecule has 1 fully saturated rings. The van der Waals surface area contributed by atoms with Gasteiger partial charge in [0.05, 0.1) is 25.1 Å². The fraction of sp³-hybridized carbons (Fsp3) is 0.185. The lowest BCUT2D eigenvalue weighted by molar-refractivity contribution is 0.0303. The number of hydrogen-bond acceptors (Lipinski definition) is 6. The molecule has 0 aliphatic carbocycles. The second-order valence-electron chi connectivity index (χ2n) is 8.51. The lowest BCUT2D eigenvalue weighted by Crippen LogP contribution is -2.40. The molecule has 1 aromatic heterocycles. The maximum atomic E-state index is 12.8. The van der Waals surface area contributed by atoms with Crippen molar-refractivity contribution in [1.29, 1.82) is 10.8 Å².